The fraction of sp³-hybridized carbons (Fsp3) is 0.286. The minimum absolute atomic E-state index is 0.00800. The standard InChI is InChI=1S/C14H14F3NS/c1-9(18)13-7-6-12(19-13)8-10-2-4-11(5-3-10)14(15,16)17/h2-7,9H,8,18H2,1H3. The second kappa shape index (κ2) is 5.35. The van der Waals surface area contributed by atoms with Gasteiger partial charge in [-0.25, -0.2) is 0 Å². The SMILES string of the molecule is CC(N)c1ccc(Cc2ccc(C(F)(F)F)cc2)s1. The second-order valence-corrected chi connectivity index (χ2v) is 5.66. The maximum Gasteiger partial charge on any atom is 0.416 e. The van der Waals surface area contributed by atoms with Crippen molar-refractivity contribution in [3.05, 3.63) is 57.3 Å². The lowest BCUT2D eigenvalue weighted by Gasteiger charge is -2.07. The molecule has 1 aromatic carbocycles. The zero-order chi connectivity index (χ0) is 14.0. The van der Waals surface area contributed by atoms with Gasteiger partial charge in [-0.05, 0) is 36.8 Å². The Morgan fingerprint density at radius 2 is 1.74 bits per heavy atom. The molecule has 0 amide bonds. The summed E-state index contributed by atoms with van der Waals surface area (Å²) in [4.78, 5) is 2.19. The zero-order valence-electron chi connectivity index (χ0n) is 10.4. The van der Waals surface area contributed by atoms with E-state index in [2.05, 4.69) is 0 Å². The first-order valence-electron chi connectivity index (χ1n) is 5.86. The summed E-state index contributed by atoms with van der Waals surface area (Å²) < 4.78 is 37.3. The second-order valence-electron chi connectivity index (χ2n) is 4.46. The van der Waals surface area contributed by atoms with Crippen LogP contribution in [0.1, 0.15) is 33.8 Å². The number of thiophene rings is 1. The summed E-state index contributed by atoms with van der Waals surface area (Å²) in [7, 11) is 0. The minimum atomic E-state index is -4.27. The first kappa shape index (κ1) is 14.1. The highest BCUT2D eigenvalue weighted by Gasteiger charge is 2.29. The lowest BCUT2D eigenvalue weighted by molar-refractivity contribution is -0.137. The van der Waals surface area contributed by atoms with Crippen LogP contribution in [-0.4, -0.2) is 0 Å². The normalized spacial score (nSPS) is 13.5. The summed E-state index contributed by atoms with van der Waals surface area (Å²) >= 11 is 1.60. The fourth-order valence-electron chi connectivity index (χ4n) is 1.75. The van der Waals surface area contributed by atoms with Gasteiger partial charge in [0, 0.05) is 22.2 Å². The molecular formula is C14H14F3NS. The van der Waals surface area contributed by atoms with Gasteiger partial charge in [0.1, 0.15) is 0 Å². The predicted molar refractivity (Wildman–Crippen MR) is 71.2 cm³/mol. The topological polar surface area (TPSA) is 26.0 Å². The Kier molecular flexibility index (Phi) is 3.96. The van der Waals surface area contributed by atoms with Crippen LogP contribution in [0.15, 0.2) is 36.4 Å². The Bertz CT molecular complexity index is 541. The van der Waals surface area contributed by atoms with Gasteiger partial charge in [-0.3, -0.25) is 0 Å². The van der Waals surface area contributed by atoms with Crippen molar-refractivity contribution in [3.63, 3.8) is 0 Å². The van der Waals surface area contributed by atoms with E-state index >= 15 is 0 Å². The molecule has 1 unspecified atom stereocenters. The number of alkyl halides is 3. The van der Waals surface area contributed by atoms with Crippen molar-refractivity contribution >= 4 is 11.3 Å². The Morgan fingerprint density at radius 1 is 1.11 bits per heavy atom. The van der Waals surface area contributed by atoms with Crippen molar-refractivity contribution < 1.29 is 13.2 Å². The highest BCUT2D eigenvalue weighted by atomic mass is 32.1. The molecule has 102 valence electrons. The lowest BCUT2D eigenvalue weighted by Crippen LogP contribution is -2.04. The van der Waals surface area contributed by atoms with E-state index in [1.165, 1.54) is 12.1 Å². The van der Waals surface area contributed by atoms with Gasteiger partial charge in [0.2, 0.25) is 0 Å². The number of benzene rings is 1. The molecule has 0 saturated carbocycles. The summed E-state index contributed by atoms with van der Waals surface area (Å²) in [5, 5.41) is 0. The first-order chi connectivity index (χ1) is 8.86. The molecule has 1 nitrogen and oxygen atoms in total. The Hall–Kier alpha value is -1.33. The number of hydrogen-bond donors (Lipinski definition) is 1. The van der Waals surface area contributed by atoms with Gasteiger partial charge in [0.25, 0.3) is 0 Å². The van der Waals surface area contributed by atoms with Crippen LogP contribution in [0, 0.1) is 0 Å². The van der Waals surface area contributed by atoms with E-state index in [0.717, 1.165) is 27.5 Å². The van der Waals surface area contributed by atoms with E-state index in [1.54, 1.807) is 11.3 Å². The molecule has 2 aromatic rings. The van der Waals surface area contributed by atoms with Crippen LogP contribution >= 0.6 is 11.3 Å². The summed E-state index contributed by atoms with van der Waals surface area (Å²) in [6.45, 7) is 1.91. The van der Waals surface area contributed by atoms with E-state index in [9.17, 15) is 13.2 Å². The van der Waals surface area contributed by atoms with Crippen LogP contribution in [-0.2, 0) is 12.6 Å². The predicted octanol–water partition coefficient (Wildman–Crippen LogP) is 4.38. The molecule has 0 spiro atoms. The maximum absolute atomic E-state index is 12.4. The third kappa shape index (κ3) is 3.58. The lowest BCUT2D eigenvalue weighted by atomic mass is 10.1. The van der Waals surface area contributed by atoms with Gasteiger partial charge in [-0.1, -0.05) is 12.1 Å². The number of halogens is 3. The molecule has 2 N–H and O–H groups in total. The molecule has 0 fully saturated rings. The largest absolute Gasteiger partial charge is 0.416 e. The highest BCUT2D eigenvalue weighted by molar-refractivity contribution is 7.12. The number of nitrogens with two attached hydrogens (primary N) is 1. The van der Waals surface area contributed by atoms with Crippen LogP contribution in [0.4, 0.5) is 13.2 Å². The van der Waals surface area contributed by atoms with Gasteiger partial charge in [0.05, 0.1) is 5.56 Å². The molecular weight excluding hydrogens is 271 g/mol. The van der Waals surface area contributed by atoms with Gasteiger partial charge in [-0.15, -0.1) is 11.3 Å². The molecule has 0 aliphatic heterocycles. The van der Waals surface area contributed by atoms with Crippen LogP contribution in [0.25, 0.3) is 0 Å². The molecule has 0 saturated heterocycles. The molecule has 1 atom stereocenters. The van der Waals surface area contributed by atoms with E-state index in [4.69, 9.17) is 5.73 Å². The molecule has 2 rings (SSSR count). The number of rotatable bonds is 3. The van der Waals surface area contributed by atoms with Gasteiger partial charge in [-0.2, -0.15) is 13.2 Å². The van der Waals surface area contributed by atoms with Crippen molar-refractivity contribution in [2.24, 2.45) is 5.73 Å². The molecule has 19 heavy (non-hydrogen) atoms. The third-order valence-electron chi connectivity index (χ3n) is 2.79. The monoisotopic (exact) mass is 285 g/mol. The van der Waals surface area contributed by atoms with E-state index in [-0.39, 0.29) is 6.04 Å². The van der Waals surface area contributed by atoms with Crippen molar-refractivity contribution in [1.29, 1.82) is 0 Å². The molecule has 0 radical (unpaired) electrons. The summed E-state index contributed by atoms with van der Waals surface area (Å²) in [5.41, 5.74) is 6.03. The Morgan fingerprint density at radius 3 is 2.21 bits per heavy atom. The first-order valence-corrected chi connectivity index (χ1v) is 6.68. The van der Waals surface area contributed by atoms with Crippen molar-refractivity contribution in [1.82, 2.24) is 0 Å². The molecule has 1 aromatic heterocycles. The number of hydrogen-bond acceptors (Lipinski definition) is 2. The van der Waals surface area contributed by atoms with E-state index in [0.29, 0.717) is 6.42 Å². The van der Waals surface area contributed by atoms with Crippen LogP contribution in [0.5, 0.6) is 0 Å². The molecule has 0 aliphatic carbocycles. The van der Waals surface area contributed by atoms with Gasteiger partial charge < -0.3 is 5.73 Å². The average molecular weight is 285 g/mol. The summed E-state index contributed by atoms with van der Waals surface area (Å²) in [6.07, 6.45) is -3.64. The van der Waals surface area contributed by atoms with Crippen molar-refractivity contribution in [3.8, 4) is 0 Å². The quantitative estimate of drug-likeness (QED) is 0.890. The van der Waals surface area contributed by atoms with Crippen molar-refractivity contribution in [2.45, 2.75) is 25.6 Å². The molecule has 1 heterocycles. The van der Waals surface area contributed by atoms with Gasteiger partial charge in [0.15, 0.2) is 0 Å². The minimum Gasteiger partial charge on any atom is -0.324 e. The molecule has 5 heteroatoms. The van der Waals surface area contributed by atoms with Crippen LogP contribution < -0.4 is 5.73 Å². The van der Waals surface area contributed by atoms with Crippen LogP contribution in [0.2, 0.25) is 0 Å². The summed E-state index contributed by atoms with van der Waals surface area (Å²) in [6, 6.07) is 9.22. The summed E-state index contributed by atoms with van der Waals surface area (Å²) in [5.74, 6) is 0. The van der Waals surface area contributed by atoms with Crippen molar-refractivity contribution in [2.75, 3.05) is 0 Å². The highest BCUT2D eigenvalue weighted by Crippen LogP contribution is 2.30. The van der Waals surface area contributed by atoms with E-state index < -0.39 is 11.7 Å². The molecule has 0 bridgehead atoms. The average Bonchev–Trinajstić information content (AvgIpc) is 2.77. The fourth-order valence-corrected chi connectivity index (χ4v) is 2.75. The third-order valence-corrected chi connectivity index (χ3v) is 4.08. The molecule has 0 aliphatic rings. The Balaban J connectivity index is 2.11. The maximum atomic E-state index is 12.4. The van der Waals surface area contributed by atoms with Crippen LogP contribution in [0.3, 0.4) is 0 Å². The Labute approximate surface area is 113 Å². The van der Waals surface area contributed by atoms with Gasteiger partial charge >= 0.3 is 6.18 Å². The smallest absolute Gasteiger partial charge is 0.324 e. The van der Waals surface area contributed by atoms with E-state index in [1.807, 2.05) is 19.1 Å². The zero-order valence-corrected chi connectivity index (χ0v) is 11.2.